The Morgan fingerprint density at radius 3 is 2.31 bits per heavy atom. The number of hydrogen-bond donors (Lipinski definition) is 2. The highest BCUT2D eigenvalue weighted by atomic mass is 16.1. The van der Waals surface area contributed by atoms with Gasteiger partial charge in [0.25, 0.3) is 0 Å². The number of nitrogens with one attached hydrogen (secondary N) is 2. The van der Waals surface area contributed by atoms with Crippen molar-refractivity contribution in [1.29, 1.82) is 0 Å². The zero-order valence-corrected chi connectivity index (χ0v) is 9.03. The maximum Gasteiger partial charge on any atom is 0.246 e. The maximum absolute atomic E-state index is 11.2. The molecule has 0 unspecified atom stereocenters. The molecule has 0 bridgehead atoms. The molecule has 3 heteroatoms. The van der Waals surface area contributed by atoms with Crippen molar-refractivity contribution in [2.45, 2.75) is 20.8 Å². The number of carbonyl (C=O) groups is 1. The van der Waals surface area contributed by atoms with E-state index in [2.05, 4.69) is 31.1 Å². The largest absolute Gasteiger partial charge is 0.352 e. The Hall–Kier alpha value is -0.830. The topological polar surface area (TPSA) is 41.1 Å². The fourth-order valence-electron chi connectivity index (χ4n) is 1.01. The molecule has 0 aliphatic carbocycles. The summed E-state index contributed by atoms with van der Waals surface area (Å²) in [6.45, 7) is 11.0. The lowest BCUT2D eigenvalue weighted by molar-refractivity contribution is -0.117. The Balaban J connectivity index is 3.87. The highest BCUT2D eigenvalue weighted by molar-refractivity contribution is 5.92. The van der Waals surface area contributed by atoms with E-state index in [1.54, 1.807) is 6.92 Å². The first-order valence-electron chi connectivity index (χ1n) is 4.47. The molecule has 0 radical (unpaired) electrons. The Labute approximate surface area is 80.6 Å². The van der Waals surface area contributed by atoms with E-state index in [9.17, 15) is 4.79 Å². The summed E-state index contributed by atoms with van der Waals surface area (Å²) in [4.78, 5) is 11.2. The van der Waals surface area contributed by atoms with Crippen LogP contribution in [-0.4, -0.2) is 26.0 Å². The van der Waals surface area contributed by atoms with Crippen LogP contribution < -0.4 is 10.6 Å². The van der Waals surface area contributed by atoms with Gasteiger partial charge in [-0.15, -0.1) is 0 Å². The minimum Gasteiger partial charge on any atom is -0.352 e. The average Bonchev–Trinajstić information content (AvgIpc) is 2.00. The summed E-state index contributed by atoms with van der Waals surface area (Å²) >= 11 is 0. The average molecular weight is 184 g/mol. The van der Waals surface area contributed by atoms with Crippen molar-refractivity contribution in [1.82, 2.24) is 10.6 Å². The molecule has 13 heavy (non-hydrogen) atoms. The van der Waals surface area contributed by atoms with Crippen LogP contribution in [0, 0.1) is 5.41 Å². The van der Waals surface area contributed by atoms with E-state index in [0.717, 1.165) is 6.54 Å². The van der Waals surface area contributed by atoms with E-state index >= 15 is 0 Å². The van der Waals surface area contributed by atoms with E-state index in [4.69, 9.17) is 0 Å². The molecular formula is C10H20N2O. The Kier molecular flexibility index (Phi) is 4.70. The molecule has 0 saturated heterocycles. The van der Waals surface area contributed by atoms with Gasteiger partial charge in [0.1, 0.15) is 0 Å². The Bertz CT molecular complexity index is 197. The number of rotatable bonds is 5. The van der Waals surface area contributed by atoms with Crippen molar-refractivity contribution in [2.75, 3.05) is 20.1 Å². The molecule has 0 aromatic heterocycles. The molecule has 0 aromatic rings. The van der Waals surface area contributed by atoms with Gasteiger partial charge in [-0.25, -0.2) is 0 Å². The van der Waals surface area contributed by atoms with Gasteiger partial charge >= 0.3 is 0 Å². The van der Waals surface area contributed by atoms with E-state index in [1.165, 1.54) is 0 Å². The quantitative estimate of drug-likeness (QED) is 0.624. The summed E-state index contributed by atoms with van der Waals surface area (Å²) in [5, 5.41) is 5.92. The minimum absolute atomic E-state index is 0.0656. The third-order valence-corrected chi connectivity index (χ3v) is 1.77. The van der Waals surface area contributed by atoms with E-state index in [-0.39, 0.29) is 11.3 Å². The summed E-state index contributed by atoms with van der Waals surface area (Å²) in [6, 6.07) is 0. The fraction of sp³-hybridized carbons (Fsp3) is 0.700. The summed E-state index contributed by atoms with van der Waals surface area (Å²) in [5.74, 6) is -0.0656. The lowest BCUT2D eigenvalue weighted by Crippen LogP contribution is -2.39. The van der Waals surface area contributed by atoms with Crippen LogP contribution in [0.4, 0.5) is 0 Å². The zero-order chi connectivity index (χ0) is 10.5. The van der Waals surface area contributed by atoms with Gasteiger partial charge in [-0.05, 0) is 19.4 Å². The molecule has 76 valence electrons. The normalized spacial score (nSPS) is 11.1. The summed E-state index contributed by atoms with van der Waals surface area (Å²) < 4.78 is 0. The Morgan fingerprint density at radius 1 is 1.38 bits per heavy atom. The van der Waals surface area contributed by atoms with Crippen molar-refractivity contribution in [2.24, 2.45) is 5.41 Å². The fourth-order valence-corrected chi connectivity index (χ4v) is 1.01. The van der Waals surface area contributed by atoms with E-state index < -0.39 is 0 Å². The molecule has 0 rings (SSSR count). The van der Waals surface area contributed by atoms with Gasteiger partial charge in [-0.1, -0.05) is 20.4 Å². The SMILES string of the molecule is C=C(C)C(=O)NCC(C)(C)CNC. The highest BCUT2D eigenvalue weighted by Crippen LogP contribution is 2.11. The van der Waals surface area contributed by atoms with Crippen molar-refractivity contribution in [3.63, 3.8) is 0 Å². The maximum atomic E-state index is 11.2. The molecule has 0 heterocycles. The molecule has 0 saturated carbocycles. The molecular weight excluding hydrogens is 164 g/mol. The van der Waals surface area contributed by atoms with Gasteiger partial charge in [0.15, 0.2) is 0 Å². The first kappa shape index (κ1) is 12.2. The third kappa shape index (κ3) is 5.42. The number of carbonyl (C=O) groups excluding carboxylic acids is 1. The second-order valence-corrected chi connectivity index (χ2v) is 4.16. The zero-order valence-electron chi connectivity index (χ0n) is 9.03. The molecule has 0 aromatic carbocycles. The van der Waals surface area contributed by atoms with Gasteiger partial charge in [-0.3, -0.25) is 4.79 Å². The molecule has 0 atom stereocenters. The van der Waals surface area contributed by atoms with Crippen LogP contribution in [0.2, 0.25) is 0 Å². The predicted molar refractivity (Wildman–Crippen MR) is 55.5 cm³/mol. The standard InChI is InChI=1S/C10H20N2O/c1-8(2)9(13)12-7-10(3,4)6-11-5/h11H,1,6-7H2,2-5H3,(H,12,13). The van der Waals surface area contributed by atoms with Crippen molar-refractivity contribution in [3.8, 4) is 0 Å². The smallest absolute Gasteiger partial charge is 0.246 e. The molecule has 0 aliphatic heterocycles. The van der Waals surface area contributed by atoms with E-state index in [1.807, 2.05) is 7.05 Å². The molecule has 0 spiro atoms. The van der Waals surface area contributed by atoms with Crippen LogP contribution in [0.5, 0.6) is 0 Å². The van der Waals surface area contributed by atoms with Crippen molar-refractivity contribution < 1.29 is 4.79 Å². The highest BCUT2D eigenvalue weighted by Gasteiger charge is 2.17. The predicted octanol–water partition coefficient (Wildman–Crippen LogP) is 0.924. The van der Waals surface area contributed by atoms with Gasteiger partial charge in [0.05, 0.1) is 0 Å². The first-order valence-corrected chi connectivity index (χ1v) is 4.47. The molecule has 0 fully saturated rings. The van der Waals surface area contributed by atoms with Gasteiger partial charge < -0.3 is 10.6 Å². The lowest BCUT2D eigenvalue weighted by atomic mass is 9.93. The Morgan fingerprint density at radius 2 is 1.92 bits per heavy atom. The third-order valence-electron chi connectivity index (χ3n) is 1.77. The summed E-state index contributed by atoms with van der Waals surface area (Å²) in [7, 11) is 1.91. The van der Waals surface area contributed by atoms with Crippen LogP contribution in [0.1, 0.15) is 20.8 Å². The van der Waals surface area contributed by atoms with Crippen LogP contribution in [-0.2, 0) is 4.79 Å². The first-order chi connectivity index (χ1) is 5.89. The lowest BCUT2D eigenvalue weighted by Gasteiger charge is -2.24. The van der Waals surface area contributed by atoms with Gasteiger partial charge in [0.2, 0.25) is 5.91 Å². The molecule has 3 nitrogen and oxygen atoms in total. The second-order valence-electron chi connectivity index (χ2n) is 4.16. The number of hydrogen-bond acceptors (Lipinski definition) is 2. The van der Waals surface area contributed by atoms with Crippen LogP contribution >= 0.6 is 0 Å². The summed E-state index contributed by atoms with van der Waals surface area (Å²) in [6.07, 6.45) is 0. The summed E-state index contributed by atoms with van der Waals surface area (Å²) in [5.41, 5.74) is 0.639. The number of amides is 1. The van der Waals surface area contributed by atoms with Gasteiger partial charge in [-0.2, -0.15) is 0 Å². The van der Waals surface area contributed by atoms with Crippen molar-refractivity contribution in [3.05, 3.63) is 12.2 Å². The van der Waals surface area contributed by atoms with Crippen LogP contribution in [0.3, 0.4) is 0 Å². The monoisotopic (exact) mass is 184 g/mol. The second kappa shape index (κ2) is 5.02. The van der Waals surface area contributed by atoms with Crippen LogP contribution in [0.25, 0.3) is 0 Å². The van der Waals surface area contributed by atoms with Gasteiger partial charge in [0, 0.05) is 18.7 Å². The van der Waals surface area contributed by atoms with E-state index in [0.29, 0.717) is 12.1 Å². The molecule has 1 amide bonds. The molecule has 0 aliphatic rings. The minimum atomic E-state index is -0.0656. The van der Waals surface area contributed by atoms with Crippen molar-refractivity contribution >= 4 is 5.91 Å². The molecule has 2 N–H and O–H groups in total. The van der Waals surface area contributed by atoms with Crippen LogP contribution in [0.15, 0.2) is 12.2 Å².